The van der Waals surface area contributed by atoms with E-state index in [0.717, 1.165) is 36.7 Å². The molecule has 2 heterocycles. The van der Waals surface area contributed by atoms with Crippen LogP contribution in [0.3, 0.4) is 0 Å². The number of benzene rings is 2. The topological polar surface area (TPSA) is 62.7 Å². The number of nitrogens with zero attached hydrogens (tertiary/aromatic N) is 2. The van der Waals surface area contributed by atoms with E-state index in [4.69, 9.17) is 16.3 Å². The van der Waals surface area contributed by atoms with E-state index < -0.39 is 17.6 Å². The molecule has 1 aromatic heterocycles. The number of thioether (sulfide) groups is 1. The molecule has 1 aliphatic heterocycles. The highest BCUT2D eigenvalue weighted by atomic mass is 35.5. The lowest BCUT2D eigenvalue weighted by molar-refractivity contribution is -0.141. The summed E-state index contributed by atoms with van der Waals surface area (Å²) in [7, 11) is 1.55. The second-order valence-corrected chi connectivity index (χ2v) is 11.6. The number of methoxy groups -OCH3 is 1. The maximum Gasteiger partial charge on any atom is 0.303 e. The van der Waals surface area contributed by atoms with E-state index in [1.54, 1.807) is 49.2 Å². The van der Waals surface area contributed by atoms with Crippen LogP contribution in [0.15, 0.2) is 53.6 Å². The Balaban J connectivity index is 1.35. The van der Waals surface area contributed by atoms with Gasteiger partial charge in [-0.25, -0.2) is 8.78 Å². The number of hydrogen-bond donors (Lipinski definition) is 1. The van der Waals surface area contributed by atoms with Gasteiger partial charge in [0, 0.05) is 22.0 Å². The summed E-state index contributed by atoms with van der Waals surface area (Å²) < 4.78 is 34.4. The largest absolute Gasteiger partial charge is 0.497 e. The van der Waals surface area contributed by atoms with Crippen molar-refractivity contribution in [2.75, 3.05) is 32.5 Å². The second-order valence-electron chi connectivity index (χ2n) is 9.98. The summed E-state index contributed by atoms with van der Waals surface area (Å²) in [6.45, 7) is 2.47. The van der Waals surface area contributed by atoms with Gasteiger partial charge in [0.2, 0.25) is 0 Å². The highest BCUT2D eigenvalue weighted by Gasteiger charge is 2.37. The fourth-order valence-electron chi connectivity index (χ4n) is 5.31. The van der Waals surface area contributed by atoms with Crippen LogP contribution in [-0.2, 0) is 4.79 Å². The molecule has 38 heavy (non-hydrogen) atoms. The monoisotopic (exact) mass is 562 g/mol. The summed E-state index contributed by atoms with van der Waals surface area (Å²) >= 11 is 8.03. The van der Waals surface area contributed by atoms with Gasteiger partial charge in [-0.3, -0.25) is 9.78 Å². The Kier molecular flexibility index (Phi) is 9.85. The molecule has 0 radical (unpaired) electrons. The normalized spacial score (nSPS) is 16.4. The van der Waals surface area contributed by atoms with Crippen molar-refractivity contribution in [3.8, 4) is 5.75 Å². The summed E-state index contributed by atoms with van der Waals surface area (Å²) in [4.78, 5) is 19.3. The summed E-state index contributed by atoms with van der Waals surface area (Å²) in [6.07, 6.45) is 3.18. The van der Waals surface area contributed by atoms with Crippen LogP contribution in [0.1, 0.15) is 50.3 Å². The third kappa shape index (κ3) is 7.36. The lowest BCUT2D eigenvalue weighted by Crippen LogP contribution is -2.41. The van der Waals surface area contributed by atoms with Gasteiger partial charge in [0.15, 0.2) is 0 Å². The first-order valence-electron chi connectivity index (χ1n) is 12.9. The lowest BCUT2D eigenvalue weighted by Gasteiger charge is -2.41. The number of ether oxygens (including phenoxy) is 1. The van der Waals surface area contributed by atoms with Gasteiger partial charge in [-0.05, 0) is 99.3 Å². The molecule has 0 bridgehead atoms. The van der Waals surface area contributed by atoms with Crippen molar-refractivity contribution < 1.29 is 23.4 Å². The summed E-state index contributed by atoms with van der Waals surface area (Å²) in [6, 6.07) is 11.9. The van der Waals surface area contributed by atoms with Gasteiger partial charge in [-0.15, -0.1) is 11.8 Å². The Morgan fingerprint density at radius 1 is 1.26 bits per heavy atom. The molecule has 0 unspecified atom stereocenters. The molecule has 0 amide bonds. The number of likely N-dealkylation sites (tertiary alicyclic amines) is 1. The van der Waals surface area contributed by atoms with Crippen molar-refractivity contribution >= 4 is 40.2 Å². The van der Waals surface area contributed by atoms with Crippen molar-refractivity contribution in [1.82, 2.24) is 9.88 Å². The van der Waals surface area contributed by atoms with Crippen LogP contribution >= 0.6 is 23.4 Å². The minimum Gasteiger partial charge on any atom is -0.497 e. The third-order valence-electron chi connectivity index (χ3n) is 7.44. The number of rotatable bonds is 12. The number of halogens is 3. The van der Waals surface area contributed by atoms with Gasteiger partial charge in [-0.1, -0.05) is 17.7 Å². The average molecular weight is 563 g/mol. The van der Waals surface area contributed by atoms with Gasteiger partial charge in [0.05, 0.1) is 24.1 Å². The minimum atomic E-state index is -1.34. The smallest absolute Gasteiger partial charge is 0.303 e. The molecule has 9 heteroatoms. The van der Waals surface area contributed by atoms with E-state index in [1.807, 2.05) is 6.07 Å². The molecular weight excluding hydrogens is 530 g/mol. The van der Waals surface area contributed by atoms with E-state index >= 15 is 4.39 Å². The first-order chi connectivity index (χ1) is 18.3. The van der Waals surface area contributed by atoms with Gasteiger partial charge in [-0.2, -0.15) is 0 Å². The molecule has 204 valence electrons. The predicted molar refractivity (Wildman–Crippen MR) is 148 cm³/mol. The molecule has 1 N–H and O–H groups in total. The second kappa shape index (κ2) is 13.1. The zero-order valence-electron chi connectivity index (χ0n) is 21.5. The van der Waals surface area contributed by atoms with Gasteiger partial charge >= 0.3 is 5.97 Å². The molecule has 5 nitrogen and oxygen atoms in total. The number of carboxylic acids is 1. The van der Waals surface area contributed by atoms with Crippen LogP contribution in [0.4, 0.5) is 8.78 Å². The quantitative estimate of drug-likeness (QED) is 0.181. The fraction of sp³-hybridized carbons (Fsp3) is 0.448. The Hall–Kier alpha value is -2.42. The molecular formula is C29H33ClF2N2O3S. The number of alkyl halides is 1. The van der Waals surface area contributed by atoms with Crippen LogP contribution < -0.4 is 4.74 Å². The summed E-state index contributed by atoms with van der Waals surface area (Å²) in [5.41, 5.74) is 0.571. The SMILES string of the molecule is COc1ccc2ncc(Cl)c([C@@H](F)CCC3(CC(=O)O)CCN(CCCSc4cccc(F)c4)CC3)c2c1. The molecule has 1 saturated heterocycles. The molecule has 1 aliphatic rings. The molecule has 4 rings (SSSR count). The standard InChI is InChI=1S/C29H33ClF2N2O3S/c1-37-21-6-7-26-23(17-21)28(24(30)19-33-26)25(32)8-9-29(18-27(35)36)10-13-34(14-11-29)12-3-15-38-22-5-2-4-20(31)16-22/h2,4-7,16-17,19,25H,3,8-15,18H2,1H3,(H,35,36)/t25-/m0/s1. The van der Waals surface area contributed by atoms with E-state index in [1.165, 1.54) is 12.3 Å². The zero-order chi connectivity index (χ0) is 27.1. The highest BCUT2D eigenvalue weighted by molar-refractivity contribution is 7.99. The molecule has 0 aliphatic carbocycles. The maximum absolute atomic E-state index is 15.7. The number of carboxylic acid groups (broad SMARTS) is 1. The summed E-state index contributed by atoms with van der Waals surface area (Å²) in [5, 5.41) is 10.5. The predicted octanol–water partition coefficient (Wildman–Crippen LogP) is 7.57. The number of aromatic nitrogens is 1. The Morgan fingerprint density at radius 3 is 2.76 bits per heavy atom. The third-order valence-corrected chi connectivity index (χ3v) is 8.82. The first kappa shape index (κ1) is 28.6. The molecule has 0 saturated carbocycles. The van der Waals surface area contributed by atoms with Gasteiger partial charge in [0.1, 0.15) is 17.7 Å². The molecule has 1 fully saturated rings. The fourth-order valence-corrected chi connectivity index (χ4v) is 6.46. The van der Waals surface area contributed by atoms with Crippen molar-refractivity contribution in [1.29, 1.82) is 0 Å². The average Bonchev–Trinajstić information content (AvgIpc) is 2.90. The molecule has 1 atom stereocenters. The van der Waals surface area contributed by atoms with Crippen molar-refractivity contribution in [3.05, 3.63) is 65.1 Å². The molecule has 3 aromatic rings. The number of aliphatic carboxylic acids is 1. The number of pyridine rings is 1. The number of piperidine rings is 1. The van der Waals surface area contributed by atoms with Gasteiger partial charge in [0.25, 0.3) is 0 Å². The van der Waals surface area contributed by atoms with E-state index in [-0.39, 0.29) is 23.7 Å². The maximum atomic E-state index is 15.7. The number of carbonyl (C=O) groups is 1. The molecule has 0 spiro atoms. The van der Waals surface area contributed by atoms with E-state index in [2.05, 4.69) is 9.88 Å². The van der Waals surface area contributed by atoms with Crippen LogP contribution in [0, 0.1) is 11.2 Å². The van der Waals surface area contributed by atoms with Crippen molar-refractivity contribution in [2.24, 2.45) is 5.41 Å². The Labute approximate surface area is 231 Å². The molecule has 2 aromatic carbocycles. The Morgan fingerprint density at radius 2 is 2.05 bits per heavy atom. The summed E-state index contributed by atoms with van der Waals surface area (Å²) in [5.74, 6) is 0.404. The lowest BCUT2D eigenvalue weighted by atomic mass is 9.71. The Bertz CT molecular complexity index is 1250. The van der Waals surface area contributed by atoms with Crippen LogP contribution in [0.25, 0.3) is 10.9 Å². The van der Waals surface area contributed by atoms with Gasteiger partial charge < -0.3 is 14.7 Å². The first-order valence-corrected chi connectivity index (χ1v) is 14.2. The van der Waals surface area contributed by atoms with Crippen molar-refractivity contribution in [2.45, 2.75) is 49.6 Å². The van der Waals surface area contributed by atoms with E-state index in [0.29, 0.717) is 41.5 Å². The van der Waals surface area contributed by atoms with Crippen LogP contribution in [0.5, 0.6) is 5.75 Å². The van der Waals surface area contributed by atoms with Crippen molar-refractivity contribution in [3.63, 3.8) is 0 Å². The van der Waals surface area contributed by atoms with Crippen LogP contribution in [0.2, 0.25) is 5.02 Å². The number of hydrogen-bond acceptors (Lipinski definition) is 5. The highest BCUT2D eigenvalue weighted by Crippen LogP contribution is 2.44. The van der Waals surface area contributed by atoms with E-state index in [9.17, 15) is 14.3 Å². The zero-order valence-corrected chi connectivity index (χ0v) is 23.0. The van der Waals surface area contributed by atoms with Crippen LogP contribution in [-0.4, -0.2) is 53.5 Å². The number of fused-ring (bicyclic) bond motifs is 1. The minimum absolute atomic E-state index is 0.0294.